The second kappa shape index (κ2) is 10.8. The normalized spacial score (nSPS) is 11.1. The molecule has 0 saturated heterocycles. The van der Waals surface area contributed by atoms with Gasteiger partial charge in [-0.3, -0.25) is 19.2 Å². The van der Waals surface area contributed by atoms with Crippen LogP contribution in [0, 0.1) is 0 Å². The van der Waals surface area contributed by atoms with Crippen molar-refractivity contribution in [3.8, 4) is 0 Å². The molecule has 1 rings (SSSR count). The van der Waals surface area contributed by atoms with Crippen molar-refractivity contribution in [2.45, 2.75) is 12.5 Å². The second-order valence-electron chi connectivity index (χ2n) is 5.18. The van der Waals surface area contributed by atoms with Crippen LogP contribution >= 0.6 is 0 Å². The number of amides is 4. The lowest BCUT2D eigenvalue weighted by Crippen LogP contribution is -2.52. The van der Waals surface area contributed by atoms with Gasteiger partial charge < -0.3 is 27.0 Å². The third kappa shape index (κ3) is 7.93. The molecular formula is C16H23N5O4. The van der Waals surface area contributed by atoms with E-state index in [2.05, 4.69) is 21.3 Å². The summed E-state index contributed by atoms with van der Waals surface area (Å²) in [7, 11) is 1.46. The monoisotopic (exact) mass is 349 g/mol. The molecule has 1 aromatic rings. The lowest BCUT2D eigenvalue weighted by molar-refractivity contribution is -0.130. The van der Waals surface area contributed by atoms with E-state index >= 15 is 0 Å². The van der Waals surface area contributed by atoms with Crippen LogP contribution in [-0.4, -0.2) is 56.4 Å². The molecule has 0 aliphatic heterocycles. The van der Waals surface area contributed by atoms with Crippen LogP contribution in [-0.2, 0) is 25.6 Å². The Hall–Kier alpha value is -2.94. The van der Waals surface area contributed by atoms with Gasteiger partial charge in [0.15, 0.2) is 0 Å². The van der Waals surface area contributed by atoms with Crippen molar-refractivity contribution in [1.82, 2.24) is 21.3 Å². The van der Waals surface area contributed by atoms with E-state index in [1.54, 1.807) is 0 Å². The number of nitrogens with one attached hydrogen (secondary N) is 4. The van der Waals surface area contributed by atoms with E-state index < -0.39 is 23.8 Å². The molecule has 9 heteroatoms. The summed E-state index contributed by atoms with van der Waals surface area (Å²) >= 11 is 0. The first-order chi connectivity index (χ1) is 12.0. The average molecular weight is 349 g/mol. The van der Waals surface area contributed by atoms with E-state index in [1.165, 1.54) is 7.05 Å². The fraction of sp³-hybridized carbons (Fsp3) is 0.375. The number of likely N-dealkylation sites (N-methyl/N-ethyl adjacent to an activating group) is 1. The third-order valence-electron chi connectivity index (χ3n) is 3.27. The number of carbonyl (C=O) groups is 4. The molecular weight excluding hydrogens is 326 g/mol. The molecule has 0 unspecified atom stereocenters. The highest BCUT2D eigenvalue weighted by Crippen LogP contribution is 2.03. The molecule has 25 heavy (non-hydrogen) atoms. The van der Waals surface area contributed by atoms with Gasteiger partial charge in [0.25, 0.3) is 0 Å². The maximum atomic E-state index is 12.3. The van der Waals surface area contributed by atoms with Gasteiger partial charge in [-0.25, -0.2) is 0 Å². The molecule has 0 aromatic heterocycles. The minimum absolute atomic E-state index is 0.194. The van der Waals surface area contributed by atoms with Crippen LogP contribution in [0.4, 0.5) is 0 Å². The first-order valence-corrected chi connectivity index (χ1v) is 7.74. The summed E-state index contributed by atoms with van der Waals surface area (Å²) in [6.45, 7) is -0.711. The van der Waals surface area contributed by atoms with Crippen LogP contribution in [0.25, 0.3) is 0 Å². The molecule has 4 amide bonds. The zero-order valence-corrected chi connectivity index (χ0v) is 14.0. The van der Waals surface area contributed by atoms with Crippen molar-refractivity contribution in [2.24, 2.45) is 5.73 Å². The minimum atomic E-state index is -0.880. The second-order valence-corrected chi connectivity index (χ2v) is 5.18. The van der Waals surface area contributed by atoms with Crippen molar-refractivity contribution in [1.29, 1.82) is 0 Å². The highest BCUT2D eigenvalue weighted by Gasteiger charge is 2.21. The lowest BCUT2D eigenvalue weighted by atomic mass is 10.1. The number of hydrogen-bond donors (Lipinski definition) is 5. The molecule has 0 fully saturated rings. The predicted octanol–water partition coefficient (Wildman–Crippen LogP) is -2.35. The van der Waals surface area contributed by atoms with Crippen LogP contribution in [0.2, 0.25) is 0 Å². The lowest BCUT2D eigenvalue weighted by Gasteiger charge is -2.18. The smallest absolute Gasteiger partial charge is 0.243 e. The molecule has 136 valence electrons. The van der Waals surface area contributed by atoms with Crippen molar-refractivity contribution < 1.29 is 19.2 Å². The maximum Gasteiger partial charge on any atom is 0.243 e. The van der Waals surface area contributed by atoms with Gasteiger partial charge >= 0.3 is 0 Å². The van der Waals surface area contributed by atoms with Gasteiger partial charge in [0, 0.05) is 13.5 Å². The average Bonchev–Trinajstić information content (AvgIpc) is 2.63. The summed E-state index contributed by atoms with van der Waals surface area (Å²) < 4.78 is 0. The molecule has 0 aliphatic rings. The summed E-state index contributed by atoms with van der Waals surface area (Å²) in [5.74, 6) is -1.85. The Morgan fingerprint density at radius 2 is 1.60 bits per heavy atom. The Kier molecular flexibility index (Phi) is 8.66. The Morgan fingerprint density at radius 3 is 2.20 bits per heavy atom. The minimum Gasteiger partial charge on any atom is -0.358 e. The van der Waals surface area contributed by atoms with E-state index in [-0.39, 0.29) is 32.0 Å². The standard InChI is InChI=1S/C16H23N5O4/c1-18-14(23)9-20-16(25)12(7-11-5-3-2-4-6-11)21-15(24)10-19-13(22)8-17/h2-6,12H,7-10,17H2,1H3,(H,18,23)(H,19,22)(H,20,25)(H,21,24)/t12-/m0/s1. The first kappa shape index (κ1) is 20.1. The number of carbonyl (C=O) groups excluding carboxylic acids is 4. The van der Waals surface area contributed by atoms with Gasteiger partial charge in [-0.15, -0.1) is 0 Å². The van der Waals surface area contributed by atoms with Crippen LogP contribution in [0.5, 0.6) is 0 Å². The molecule has 0 aliphatic carbocycles. The quantitative estimate of drug-likeness (QED) is 0.339. The highest BCUT2D eigenvalue weighted by molar-refractivity contribution is 5.92. The third-order valence-corrected chi connectivity index (χ3v) is 3.27. The zero-order chi connectivity index (χ0) is 18.7. The fourth-order valence-electron chi connectivity index (χ4n) is 1.93. The topological polar surface area (TPSA) is 142 Å². The molecule has 0 radical (unpaired) electrons. The molecule has 6 N–H and O–H groups in total. The predicted molar refractivity (Wildman–Crippen MR) is 91.2 cm³/mol. The fourth-order valence-corrected chi connectivity index (χ4v) is 1.93. The Bertz CT molecular complexity index is 606. The molecule has 1 atom stereocenters. The highest BCUT2D eigenvalue weighted by atomic mass is 16.2. The summed E-state index contributed by atoms with van der Waals surface area (Å²) in [5, 5.41) is 9.73. The van der Waals surface area contributed by atoms with Gasteiger partial charge in [0.05, 0.1) is 19.6 Å². The number of rotatable bonds is 9. The van der Waals surface area contributed by atoms with E-state index in [4.69, 9.17) is 5.73 Å². The Morgan fingerprint density at radius 1 is 0.960 bits per heavy atom. The van der Waals surface area contributed by atoms with Gasteiger partial charge in [0.2, 0.25) is 23.6 Å². The largest absolute Gasteiger partial charge is 0.358 e. The van der Waals surface area contributed by atoms with Crippen molar-refractivity contribution in [3.63, 3.8) is 0 Å². The van der Waals surface area contributed by atoms with E-state index in [1.807, 2.05) is 30.3 Å². The molecule has 0 bridgehead atoms. The number of benzene rings is 1. The van der Waals surface area contributed by atoms with Crippen molar-refractivity contribution in [2.75, 3.05) is 26.7 Å². The maximum absolute atomic E-state index is 12.3. The molecule has 0 spiro atoms. The summed E-state index contributed by atoms with van der Waals surface area (Å²) in [5.41, 5.74) is 5.99. The van der Waals surface area contributed by atoms with Crippen LogP contribution in [0.15, 0.2) is 30.3 Å². The number of hydrogen-bond acceptors (Lipinski definition) is 5. The molecule has 0 saturated carbocycles. The Labute approximate surface area is 145 Å². The van der Waals surface area contributed by atoms with Crippen LogP contribution in [0.3, 0.4) is 0 Å². The van der Waals surface area contributed by atoms with E-state index in [0.29, 0.717) is 0 Å². The zero-order valence-electron chi connectivity index (χ0n) is 14.0. The van der Waals surface area contributed by atoms with Crippen molar-refractivity contribution >= 4 is 23.6 Å². The van der Waals surface area contributed by atoms with E-state index in [0.717, 1.165) is 5.56 Å². The van der Waals surface area contributed by atoms with Gasteiger partial charge in [-0.2, -0.15) is 0 Å². The first-order valence-electron chi connectivity index (χ1n) is 7.74. The molecule has 1 aromatic carbocycles. The molecule has 0 heterocycles. The van der Waals surface area contributed by atoms with Gasteiger partial charge in [-0.1, -0.05) is 30.3 Å². The van der Waals surface area contributed by atoms with Crippen LogP contribution in [0.1, 0.15) is 5.56 Å². The summed E-state index contributed by atoms with van der Waals surface area (Å²) in [4.78, 5) is 46.6. The number of nitrogens with two attached hydrogens (primary N) is 1. The summed E-state index contributed by atoms with van der Waals surface area (Å²) in [6.07, 6.45) is 0.247. The Balaban J connectivity index is 2.69. The van der Waals surface area contributed by atoms with Crippen molar-refractivity contribution in [3.05, 3.63) is 35.9 Å². The SMILES string of the molecule is CNC(=O)CNC(=O)[C@H](Cc1ccccc1)NC(=O)CNC(=O)CN. The van der Waals surface area contributed by atoms with Gasteiger partial charge in [0.1, 0.15) is 6.04 Å². The van der Waals surface area contributed by atoms with Crippen LogP contribution < -0.4 is 27.0 Å². The molecule has 9 nitrogen and oxygen atoms in total. The summed E-state index contributed by atoms with van der Waals surface area (Å²) in [6, 6.07) is 8.23. The van der Waals surface area contributed by atoms with Gasteiger partial charge in [-0.05, 0) is 5.56 Å². The van der Waals surface area contributed by atoms with E-state index in [9.17, 15) is 19.2 Å².